The van der Waals surface area contributed by atoms with E-state index in [0.717, 1.165) is 52.6 Å². The van der Waals surface area contributed by atoms with E-state index < -0.39 is 5.97 Å². The summed E-state index contributed by atoms with van der Waals surface area (Å²) in [5.74, 6) is -0.166. The van der Waals surface area contributed by atoms with Gasteiger partial charge in [-0.25, -0.2) is 9.78 Å². The molecule has 0 bridgehead atoms. The minimum absolute atomic E-state index is 0.127. The Morgan fingerprint density at radius 1 is 0.970 bits per heavy atom. The van der Waals surface area contributed by atoms with Gasteiger partial charge in [-0.2, -0.15) is 0 Å². The standard InChI is InChI=1S/C28H27NO4/c1-2-3-8-24-26(17-30)29-25-12-7-6-11-23(25)27(24)33-18-19-13-15-20(16-14-19)21-9-4-5-10-22(21)28(31)32/h4-7,9-16,30H,2-3,8,17-18H2,1H3,(H,31,32). The van der Waals surface area contributed by atoms with Crippen molar-refractivity contribution in [2.24, 2.45) is 0 Å². The second-order valence-corrected chi connectivity index (χ2v) is 7.98. The van der Waals surface area contributed by atoms with Gasteiger partial charge < -0.3 is 14.9 Å². The fraction of sp³-hybridized carbons (Fsp3) is 0.214. The van der Waals surface area contributed by atoms with E-state index in [1.54, 1.807) is 12.1 Å². The van der Waals surface area contributed by atoms with Gasteiger partial charge in [-0.3, -0.25) is 0 Å². The van der Waals surface area contributed by atoms with Crippen molar-refractivity contribution in [2.45, 2.75) is 39.4 Å². The van der Waals surface area contributed by atoms with Crippen LogP contribution in [0.4, 0.5) is 0 Å². The molecule has 0 unspecified atom stereocenters. The van der Waals surface area contributed by atoms with Gasteiger partial charge in [0.2, 0.25) is 0 Å². The van der Waals surface area contributed by atoms with Crippen molar-refractivity contribution in [1.29, 1.82) is 0 Å². The molecule has 0 saturated heterocycles. The number of para-hydroxylation sites is 1. The molecule has 0 radical (unpaired) electrons. The fourth-order valence-electron chi connectivity index (χ4n) is 4.03. The Labute approximate surface area is 193 Å². The summed E-state index contributed by atoms with van der Waals surface area (Å²) in [5, 5.41) is 20.3. The third-order valence-corrected chi connectivity index (χ3v) is 5.76. The Hall–Kier alpha value is -3.70. The summed E-state index contributed by atoms with van der Waals surface area (Å²) in [4.78, 5) is 16.2. The highest BCUT2D eigenvalue weighted by Gasteiger charge is 2.16. The summed E-state index contributed by atoms with van der Waals surface area (Å²) >= 11 is 0. The van der Waals surface area contributed by atoms with Gasteiger partial charge in [0.15, 0.2) is 0 Å². The van der Waals surface area contributed by atoms with Gasteiger partial charge >= 0.3 is 5.97 Å². The number of pyridine rings is 1. The van der Waals surface area contributed by atoms with E-state index in [-0.39, 0.29) is 12.2 Å². The summed E-state index contributed by atoms with van der Waals surface area (Å²) in [6.07, 6.45) is 2.82. The number of aliphatic hydroxyl groups excluding tert-OH is 1. The maximum atomic E-state index is 11.5. The number of nitrogens with zero attached hydrogens (tertiary/aromatic N) is 1. The topological polar surface area (TPSA) is 79.7 Å². The summed E-state index contributed by atoms with van der Waals surface area (Å²) in [6, 6.07) is 22.6. The summed E-state index contributed by atoms with van der Waals surface area (Å²) in [6.45, 7) is 2.37. The van der Waals surface area contributed by atoms with Crippen LogP contribution in [0.2, 0.25) is 0 Å². The molecular formula is C28H27NO4. The molecule has 0 fully saturated rings. The number of carbonyl (C=O) groups is 1. The van der Waals surface area contributed by atoms with Gasteiger partial charge in [0.05, 0.1) is 23.4 Å². The van der Waals surface area contributed by atoms with Crippen molar-refractivity contribution < 1.29 is 19.7 Å². The Kier molecular flexibility index (Phi) is 7.01. The smallest absolute Gasteiger partial charge is 0.336 e. The van der Waals surface area contributed by atoms with E-state index in [4.69, 9.17) is 4.74 Å². The number of fused-ring (bicyclic) bond motifs is 1. The fourth-order valence-corrected chi connectivity index (χ4v) is 4.03. The van der Waals surface area contributed by atoms with E-state index >= 15 is 0 Å². The van der Waals surface area contributed by atoms with E-state index in [2.05, 4.69) is 11.9 Å². The second-order valence-electron chi connectivity index (χ2n) is 7.98. The molecule has 5 heteroatoms. The quantitative estimate of drug-likeness (QED) is 0.332. The largest absolute Gasteiger partial charge is 0.488 e. The van der Waals surface area contributed by atoms with Gasteiger partial charge in [0, 0.05) is 10.9 Å². The lowest BCUT2D eigenvalue weighted by molar-refractivity contribution is 0.0697. The maximum absolute atomic E-state index is 11.5. The molecule has 0 saturated carbocycles. The van der Waals surface area contributed by atoms with Crippen molar-refractivity contribution in [1.82, 2.24) is 4.98 Å². The Morgan fingerprint density at radius 2 is 1.70 bits per heavy atom. The third-order valence-electron chi connectivity index (χ3n) is 5.76. The van der Waals surface area contributed by atoms with Crippen molar-refractivity contribution in [3.63, 3.8) is 0 Å². The van der Waals surface area contributed by atoms with Gasteiger partial charge in [-0.15, -0.1) is 0 Å². The molecule has 1 aromatic heterocycles. The van der Waals surface area contributed by atoms with Crippen LogP contribution < -0.4 is 4.74 Å². The monoisotopic (exact) mass is 441 g/mol. The average Bonchev–Trinajstić information content (AvgIpc) is 2.86. The molecule has 0 aliphatic rings. The minimum Gasteiger partial charge on any atom is -0.488 e. The number of unbranched alkanes of at least 4 members (excludes halogenated alkanes) is 1. The normalized spacial score (nSPS) is 11.0. The lowest BCUT2D eigenvalue weighted by Crippen LogP contribution is -2.06. The van der Waals surface area contributed by atoms with Crippen molar-refractivity contribution in [2.75, 3.05) is 0 Å². The molecular weight excluding hydrogens is 414 g/mol. The summed E-state index contributed by atoms with van der Waals surface area (Å²) in [7, 11) is 0. The predicted molar refractivity (Wildman–Crippen MR) is 129 cm³/mol. The molecule has 0 atom stereocenters. The van der Waals surface area contributed by atoms with Gasteiger partial charge in [0.25, 0.3) is 0 Å². The zero-order valence-corrected chi connectivity index (χ0v) is 18.6. The first-order chi connectivity index (χ1) is 16.1. The molecule has 4 rings (SSSR count). The van der Waals surface area contributed by atoms with Crippen LogP contribution in [0.25, 0.3) is 22.0 Å². The highest BCUT2D eigenvalue weighted by Crippen LogP contribution is 2.33. The van der Waals surface area contributed by atoms with Crippen LogP contribution in [0.3, 0.4) is 0 Å². The first kappa shape index (κ1) is 22.5. The number of ether oxygens (including phenoxy) is 1. The molecule has 4 aromatic rings. The molecule has 5 nitrogen and oxygen atoms in total. The van der Waals surface area contributed by atoms with Gasteiger partial charge in [0.1, 0.15) is 12.4 Å². The number of hydrogen-bond acceptors (Lipinski definition) is 4. The molecule has 0 aliphatic heterocycles. The first-order valence-electron chi connectivity index (χ1n) is 11.2. The number of aromatic carboxylic acids is 1. The highest BCUT2D eigenvalue weighted by molar-refractivity contribution is 5.96. The Morgan fingerprint density at radius 3 is 2.42 bits per heavy atom. The van der Waals surface area contributed by atoms with Gasteiger partial charge in [-0.1, -0.05) is 67.9 Å². The number of benzene rings is 3. The van der Waals surface area contributed by atoms with Crippen LogP contribution in [0.5, 0.6) is 5.75 Å². The zero-order valence-electron chi connectivity index (χ0n) is 18.6. The molecule has 0 amide bonds. The highest BCUT2D eigenvalue weighted by atomic mass is 16.5. The van der Waals surface area contributed by atoms with Gasteiger partial charge in [-0.05, 0) is 47.7 Å². The SMILES string of the molecule is CCCCc1c(CO)nc2ccccc2c1OCc1ccc(-c2ccccc2C(=O)O)cc1. The molecule has 1 heterocycles. The lowest BCUT2D eigenvalue weighted by atomic mass is 9.99. The van der Waals surface area contributed by atoms with E-state index in [1.807, 2.05) is 60.7 Å². The number of aromatic nitrogens is 1. The second kappa shape index (κ2) is 10.3. The third kappa shape index (κ3) is 4.89. The summed E-state index contributed by atoms with van der Waals surface area (Å²) in [5.41, 5.74) is 5.21. The molecule has 0 aliphatic carbocycles. The molecule has 33 heavy (non-hydrogen) atoms. The van der Waals surface area contributed by atoms with Crippen molar-refractivity contribution in [3.05, 3.63) is 95.2 Å². The molecule has 2 N–H and O–H groups in total. The van der Waals surface area contributed by atoms with Crippen molar-refractivity contribution >= 4 is 16.9 Å². The first-order valence-corrected chi connectivity index (χ1v) is 11.2. The molecule has 168 valence electrons. The number of aliphatic hydroxyl groups is 1. The number of hydrogen-bond donors (Lipinski definition) is 2. The van der Waals surface area contributed by atoms with Crippen molar-refractivity contribution in [3.8, 4) is 16.9 Å². The Balaban J connectivity index is 1.63. The van der Waals surface area contributed by atoms with E-state index in [1.165, 1.54) is 0 Å². The van der Waals surface area contributed by atoms with Crippen LogP contribution in [0.1, 0.15) is 46.9 Å². The predicted octanol–water partition coefficient (Wildman–Crippen LogP) is 6.01. The lowest BCUT2D eigenvalue weighted by Gasteiger charge is -2.17. The van der Waals surface area contributed by atoms with Crippen LogP contribution in [-0.2, 0) is 19.6 Å². The maximum Gasteiger partial charge on any atom is 0.336 e. The zero-order chi connectivity index (χ0) is 23.2. The van der Waals surface area contributed by atoms with Crippen LogP contribution >= 0.6 is 0 Å². The minimum atomic E-state index is -0.943. The van der Waals surface area contributed by atoms with Crippen LogP contribution in [0.15, 0.2) is 72.8 Å². The van der Waals surface area contributed by atoms with E-state index in [0.29, 0.717) is 17.9 Å². The average molecular weight is 442 g/mol. The molecule has 0 spiro atoms. The number of rotatable bonds is 9. The summed E-state index contributed by atoms with van der Waals surface area (Å²) < 4.78 is 6.34. The van der Waals surface area contributed by atoms with Crippen LogP contribution in [0, 0.1) is 0 Å². The van der Waals surface area contributed by atoms with E-state index in [9.17, 15) is 15.0 Å². The molecule has 3 aromatic carbocycles. The van der Waals surface area contributed by atoms with Crippen LogP contribution in [-0.4, -0.2) is 21.2 Å². The Bertz CT molecular complexity index is 1260. The number of carboxylic acids is 1. The number of carboxylic acid groups (broad SMARTS) is 1.